The van der Waals surface area contributed by atoms with E-state index >= 15 is 0 Å². The number of rotatable bonds is 4. The van der Waals surface area contributed by atoms with E-state index in [4.69, 9.17) is 4.74 Å². The molecular formula is C23H26N2O3. The Kier molecular flexibility index (Phi) is 5.33. The Balaban J connectivity index is 1.57. The second-order valence-corrected chi connectivity index (χ2v) is 7.57. The van der Waals surface area contributed by atoms with Gasteiger partial charge < -0.3 is 14.5 Å². The molecule has 2 heterocycles. The number of hydrogen-bond donors (Lipinski definition) is 0. The second-order valence-electron chi connectivity index (χ2n) is 7.57. The lowest BCUT2D eigenvalue weighted by Gasteiger charge is -2.38. The van der Waals surface area contributed by atoms with E-state index in [9.17, 15) is 9.59 Å². The quantitative estimate of drug-likeness (QED) is 0.822. The molecule has 0 radical (unpaired) electrons. The van der Waals surface area contributed by atoms with Crippen molar-refractivity contribution in [2.45, 2.75) is 38.3 Å². The molecule has 0 aromatic heterocycles. The van der Waals surface area contributed by atoms with Crippen molar-refractivity contribution in [3.8, 4) is 5.75 Å². The zero-order chi connectivity index (χ0) is 19.5. The number of hydrogen-bond acceptors (Lipinski definition) is 3. The fourth-order valence-electron chi connectivity index (χ4n) is 4.17. The van der Waals surface area contributed by atoms with Crippen LogP contribution in [0.25, 0.3) is 0 Å². The summed E-state index contributed by atoms with van der Waals surface area (Å²) in [6.07, 6.45) is 2.99. The summed E-state index contributed by atoms with van der Waals surface area (Å²) in [5.41, 5.74) is 3.24. The summed E-state index contributed by atoms with van der Waals surface area (Å²) in [5.74, 6) is 0.859. The molecule has 1 unspecified atom stereocenters. The third kappa shape index (κ3) is 3.75. The topological polar surface area (TPSA) is 49.9 Å². The first-order chi connectivity index (χ1) is 13.7. The van der Waals surface area contributed by atoms with E-state index in [1.54, 1.807) is 12.0 Å². The highest BCUT2D eigenvalue weighted by Crippen LogP contribution is 2.26. The normalized spacial score (nSPS) is 18.7. The third-order valence-corrected chi connectivity index (χ3v) is 5.79. The Morgan fingerprint density at radius 2 is 1.68 bits per heavy atom. The highest BCUT2D eigenvalue weighted by Gasteiger charge is 2.37. The van der Waals surface area contributed by atoms with Gasteiger partial charge in [0.2, 0.25) is 11.8 Å². The molecule has 2 amide bonds. The monoisotopic (exact) mass is 378 g/mol. The van der Waals surface area contributed by atoms with E-state index in [-0.39, 0.29) is 18.2 Å². The highest BCUT2D eigenvalue weighted by atomic mass is 16.5. The van der Waals surface area contributed by atoms with Crippen molar-refractivity contribution >= 4 is 11.8 Å². The van der Waals surface area contributed by atoms with Crippen LogP contribution in [-0.4, -0.2) is 47.9 Å². The van der Waals surface area contributed by atoms with Crippen molar-refractivity contribution in [3.63, 3.8) is 0 Å². The minimum absolute atomic E-state index is 0.00258. The minimum atomic E-state index is -0.404. The van der Waals surface area contributed by atoms with Crippen LogP contribution in [0.15, 0.2) is 48.5 Å². The van der Waals surface area contributed by atoms with Crippen LogP contribution >= 0.6 is 0 Å². The molecule has 2 aliphatic heterocycles. The van der Waals surface area contributed by atoms with E-state index in [2.05, 4.69) is 12.1 Å². The summed E-state index contributed by atoms with van der Waals surface area (Å²) in [7, 11) is 1.62. The molecule has 2 aliphatic rings. The molecule has 0 spiro atoms. The van der Waals surface area contributed by atoms with Gasteiger partial charge in [0.15, 0.2) is 0 Å². The van der Waals surface area contributed by atoms with Crippen LogP contribution in [0.4, 0.5) is 0 Å². The third-order valence-electron chi connectivity index (χ3n) is 5.79. The first-order valence-electron chi connectivity index (χ1n) is 9.93. The number of ether oxygens (including phenoxy) is 1. The number of carbonyl (C=O) groups excluding carboxylic acids is 2. The first-order valence-corrected chi connectivity index (χ1v) is 9.93. The number of likely N-dealkylation sites (tertiary alicyclic amines) is 1. The number of carbonyl (C=O) groups is 2. The zero-order valence-electron chi connectivity index (χ0n) is 16.3. The lowest BCUT2D eigenvalue weighted by Crippen LogP contribution is -2.53. The number of nitrogens with zero attached hydrogens (tertiary/aromatic N) is 2. The second kappa shape index (κ2) is 8.05. The summed E-state index contributed by atoms with van der Waals surface area (Å²) in [4.78, 5) is 30.1. The summed E-state index contributed by atoms with van der Waals surface area (Å²) in [6, 6.07) is 15.3. The van der Waals surface area contributed by atoms with Gasteiger partial charge in [-0.3, -0.25) is 9.59 Å². The Hall–Kier alpha value is -2.82. The van der Waals surface area contributed by atoms with E-state index in [0.29, 0.717) is 13.0 Å². The molecule has 2 aromatic rings. The summed E-state index contributed by atoms with van der Waals surface area (Å²) in [6.45, 7) is 2.10. The van der Waals surface area contributed by atoms with Crippen LogP contribution in [0.1, 0.15) is 29.5 Å². The van der Waals surface area contributed by atoms with Crippen LogP contribution in [0.2, 0.25) is 0 Å². The van der Waals surface area contributed by atoms with Crippen LogP contribution in [0.3, 0.4) is 0 Å². The van der Waals surface area contributed by atoms with Gasteiger partial charge in [-0.2, -0.15) is 0 Å². The number of amides is 2. The molecular weight excluding hydrogens is 352 g/mol. The largest absolute Gasteiger partial charge is 0.497 e. The van der Waals surface area contributed by atoms with Gasteiger partial charge in [-0.25, -0.2) is 0 Å². The molecule has 5 heteroatoms. The van der Waals surface area contributed by atoms with Crippen molar-refractivity contribution in [1.29, 1.82) is 0 Å². The van der Waals surface area contributed by atoms with Gasteiger partial charge in [-0.1, -0.05) is 36.4 Å². The van der Waals surface area contributed by atoms with Gasteiger partial charge in [0, 0.05) is 26.1 Å². The number of methoxy groups -OCH3 is 1. The van der Waals surface area contributed by atoms with E-state index in [0.717, 1.165) is 42.8 Å². The smallest absolute Gasteiger partial charge is 0.245 e. The minimum Gasteiger partial charge on any atom is -0.497 e. The Labute approximate surface area is 165 Å². The van der Waals surface area contributed by atoms with Crippen LogP contribution in [-0.2, 0) is 29.0 Å². The molecule has 146 valence electrons. The maximum Gasteiger partial charge on any atom is 0.245 e. The molecule has 2 aromatic carbocycles. The fourth-order valence-corrected chi connectivity index (χ4v) is 4.17. The van der Waals surface area contributed by atoms with E-state index in [1.165, 1.54) is 5.56 Å². The number of benzene rings is 2. The van der Waals surface area contributed by atoms with Crippen LogP contribution in [0, 0.1) is 0 Å². The van der Waals surface area contributed by atoms with Crippen molar-refractivity contribution < 1.29 is 14.3 Å². The Morgan fingerprint density at radius 1 is 1.00 bits per heavy atom. The van der Waals surface area contributed by atoms with Gasteiger partial charge in [0.1, 0.15) is 11.8 Å². The molecule has 1 atom stereocenters. The van der Waals surface area contributed by atoms with Gasteiger partial charge >= 0.3 is 0 Å². The van der Waals surface area contributed by atoms with Crippen LogP contribution in [0.5, 0.6) is 5.75 Å². The average Bonchev–Trinajstić information content (AvgIpc) is 3.27. The molecule has 1 fully saturated rings. The lowest BCUT2D eigenvalue weighted by atomic mass is 9.92. The van der Waals surface area contributed by atoms with Gasteiger partial charge in [-0.05, 0) is 41.7 Å². The van der Waals surface area contributed by atoms with E-state index < -0.39 is 6.04 Å². The summed E-state index contributed by atoms with van der Waals surface area (Å²) >= 11 is 0. The van der Waals surface area contributed by atoms with E-state index in [1.807, 2.05) is 41.3 Å². The Bertz CT molecular complexity index is 856. The molecule has 0 saturated carbocycles. The first kappa shape index (κ1) is 18.5. The zero-order valence-corrected chi connectivity index (χ0v) is 16.3. The van der Waals surface area contributed by atoms with Gasteiger partial charge in [0.05, 0.1) is 13.5 Å². The predicted octanol–water partition coefficient (Wildman–Crippen LogP) is 2.81. The van der Waals surface area contributed by atoms with Crippen molar-refractivity contribution in [2.24, 2.45) is 0 Å². The average molecular weight is 378 g/mol. The van der Waals surface area contributed by atoms with Crippen molar-refractivity contribution in [3.05, 3.63) is 65.2 Å². The van der Waals surface area contributed by atoms with Crippen molar-refractivity contribution in [1.82, 2.24) is 9.80 Å². The molecule has 0 aliphatic carbocycles. The maximum atomic E-state index is 13.2. The Morgan fingerprint density at radius 3 is 2.36 bits per heavy atom. The standard InChI is InChI=1S/C23H26N2O3/c1-28-20-10-8-17(9-11-20)14-22(26)25-16-19-7-3-2-6-18(19)15-21(25)23(27)24-12-4-5-13-24/h2-3,6-11,21H,4-5,12-16H2,1H3. The molecule has 0 N–H and O–H groups in total. The summed E-state index contributed by atoms with van der Waals surface area (Å²) < 4.78 is 5.19. The van der Waals surface area contributed by atoms with Crippen LogP contribution < -0.4 is 4.74 Å². The SMILES string of the molecule is COc1ccc(CC(=O)N2Cc3ccccc3CC2C(=O)N2CCCC2)cc1. The highest BCUT2D eigenvalue weighted by molar-refractivity contribution is 5.89. The predicted molar refractivity (Wildman–Crippen MR) is 107 cm³/mol. The molecule has 28 heavy (non-hydrogen) atoms. The van der Waals surface area contributed by atoms with Gasteiger partial charge in [0.25, 0.3) is 0 Å². The molecule has 5 nitrogen and oxygen atoms in total. The van der Waals surface area contributed by atoms with Crippen molar-refractivity contribution in [2.75, 3.05) is 20.2 Å². The molecule has 1 saturated heterocycles. The fraction of sp³-hybridized carbons (Fsp3) is 0.391. The summed E-state index contributed by atoms with van der Waals surface area (Å²) in [5, 5.41) is 0. The lowest BCUT2D eigenvalue weighted by molar-refractivity contribution is -0.146. The number of fused-ring (bicyclic) bond motifs is 1. The maximum absolute atomic E-state index is 13.2. The van der Waals surface area contributed by atoms with Gasteiger partial charge in [-0.15, -0.1) is 0 Å². The molecule has 0 bridgehead atoms. The molecule has 4 rings (SSSR count).